The van der Waals surface area contributed by atoms with Gasteiger partial charge in [0.05, 0.1) is 0 Å². The molecule has 1 heteroatoms. The minimum Gasteiger partial charge on any atom is -0.302 e. The van der Waals surface area contributed by atoms with Crippen LogP contribution >= 0.6 is 0 Å². The fraction of sp³-hybridized carbons (Fsp3) is 0.250. The number of benzene rings is 2. The quantitative estimate of drug-likeness (QED) is 0.765. The van der Waals surface area contributed by atoms with Crippen LogP contribution in [-0.2, 0) is 6.54 Å². The van der Waals surface area contributed by atoms with Gasteiger partial charge in [0.1, 0.15) is 0 Å². The summed E-state index contributed by atoms with van der Waals surface area (Å²) in [5.41, 5.74) is 3.96. The van der Waals surface area contributed by atoms with E-state index in [1.54, 1.807) is 0 Å². The first-order valence-electron chi connectivity index (χ1n) is 6.12. The van der Waals surface area contributed by atoms with Gasteiger partial charge in [0.15, 0.2) is 0 Å². The van der Waals surface area contributed by atoms with E-state index in [1.807, 2.05) is 0 Å². The Labute approximate surface area is 104 Å². The Balaban J connectivity index is 2.23. The van der Waals surface area contributed by atoms with Gasteiger partial charge in [0.25, 0.3) is 0 Å². The van der Waals surface area contributed by atoms with Crippen molar-refractivity contribution in [3.8, 4) is 11.1 Å². The molecule has 2 rings (SSSR count). The Morgan fingerprint density at radius 2 is 1.59 bits per heavy atom. The summed E-state index contributed by atoms with van der Waals surface area (Å²) in [7, 11) is 2.15. The van der Waals surface area contributed by atoms with Crippen LogP contribution < -0.4 is 0 Å². The zero-order chi connectivity index (χ0) is 12.1. The molecule has 2 aromatic rings. The van der Waals surface area contributed by atoms with Gasteiger partial charge in [-0.15, -0.1) is 0 Å². The fourth-order valence-corrected chi connectivity index (χ4v) is 1.90. The van der Waals surface area contributed by atoms with Crippen molar-refractivity contribution in [2.24, 2.45) is 0 Å². The van der Waals surface area contributed by atoms with Gasteiger partial charge in [-0.3, -0.25) is 0 Å². The van der Waals surface area contributed by atoms with Gasteiger partial charge in [-0.2, -0.15) is 0 Å². The van der Waals surface area contributed by atoms with Crippen molar-refractivity contribution < 1.29 is 0 Å². The van der Waals surface area contributed by atoms with E-state index in [0.717, 1.165) is 13.1 Å². The third-order valence-corrected chi connectivity index (χ3v) is 3.03. The average Bonchev–Trinajstić information content (AvgIpc) is 2.40. The lowest BCUT2D eigenvalue weighted by Gasteiger charge is -2.14. The molecule has 0 aromatic heterocycles. The fourth-order valence-electron chi connectivity index (χ4n) is 1.90. The molecule has 0 amide bonds. The molecular formula is C16H19N. The van der Waals surface area contributed by atoms with Gasteiger partial charge in [-0.05, 0) is 36.3 Å². The van der Waals surface area contributed by atoms with Gasteiger partial charge >= 0.3 is 0 Å². The Hall–Kier alpha value is -1.60. The van der Waals surface area contributed by atoms with Crippen LogP contribution in [0.15, 0.2) is 54.6 Å². The van der Waals surface area contributed by atoms with Gasteiger partial charge < -0.3 is 4.90 Å². The van der Waals surface area contributed by atoms with Crippen molar-refractivity contribution in [3.05, 3.63) is 60.2 Å². The predicted octanol–water partition coefficient (Wildman–Crippen LogP) is 3.81. The van der Waals surface area contributed by atoms with Crippen molar-refractivity contribution in [2.45, 2.75) is 13.5 Å². The summed E-state index contributed by atoms with van der Waals surface area (Å²) in [6, 6.07) is 19.3. The van der Waals surface area contributed by atoms with Crippen LogP contribution in [0.25, 0.3) is 11.1 Å². The smallest absolute Gasteiger partial charge is 0.0230 e. The molecule has 17 heavy (non-hydrogen) atoms. The Morgan fingerprint density at radius 1 is 0.882 bits per heavy atom. The van der Waals surface area contributed by atoms with E-state index in [2.05, 4.69) is 73.5 Å². The summed E-state index contributed by atoms with van der Waals surface area (Å²) < 4.78 is 0. The second-order valence-electron chi connectivity index (χ2n) is 4.40. The Kier molecular flexibility index (Phi) is 3.94. The molecule has 0 spiro atoms. The number of hydrogen-bond donors (Lipinski definition) is 0. The van der Waals surface area contributed by atoms with E-state index in [-0.39, 0.29) is 0 Å². The topological polar surface area (TPSA) is 3.24 Å². The molecule has 0 N–H and O–H groups in total. The zero-order valence-corrected chi connectivity index (χ0v) is 10.6. The highest BCUT2D eigenvalue weighted by Gasteiger charge is 2.00. The maximum absolute atomic E-state index is 2.31. The summed E-state index contributed by atoms with van der Waals surface area (Å²) in [5.74, 6) is 0. The summed E-state index contributed by atoms with van der Waals surface area (Å²) in [5, 5.41) is 0. The van der Waals surface area contributed by atoms with Crippen molar-refractivity contribution in [3.63, 3.8) is 0 Å². The molecule has 0 bridgehead atoms. The lowest BCUT2D eigenvalue weighted by molar-refractivity contribution is 0.346. The van der Waals surface area contributed by atoms with Crippen molar-refractivity contribution in [2.75, 3.05) is 13.6 Å². The van der Waals surface area contributed by atoms with Crippen LogP contribution in [0, 0.1) is 0 Å². The Morgan fingerprint density at radius 3 is 2.29 bits per heavy atom. The zero-order valence-electron chi connectivity index (χ0n) is 10.6. The van der Waals surface area contributed by atoms with Gasteiger partial charge in [0, 0.05) is 6.54 Å². The maximum Gasteiger partial charge on any atom is 0.0230 e. The van der Waals surface area contributed by atoms with Gasteiger partial charge in [0.2, 0.25) is 0 Å². The highest BCUT2D eigenvalue weighted by atomic mass is 15.1. The molecule has 2 aromatic carbocycles. The lowest BCUT2D eigenvalue weighted by Crippen LogP contribution is -2.16. The molecule has 0 heterocycles. The normalized spacial score (nSPS) is 10.8. The van der Waals surface area contributed by atoms with E-state index in [0.29, 0.717) is 0 Å². The molecule has 0 unspecified atom stereocenters. The second kappa shape index (κ2) is 5.65. The number of hydrogen-bond acceptors (Lipinski definition) is 1. The number of rotatable bonds is 4. The molecule has 1 nitrogen and oxygen atoms in total. The van der Waals surface area contributed by atoms with Crippen LogP contribution in [0.5, 0.6) is 0 Å². The van der Waals surface area contributed by atoms with Crippen LogP contribution in [0.1, 0.15) is 12.5 Å². The predicted molar refractivity (Wildman–Crippen MR) is 73.9 cm³/mol. The number of nitrogens with zero attached hydrogens (tertiary/aromatic N) is 1. The second-order valence-corrected chi connectivity index (χ2v) is 4.40. The van der Waals surface area contributed by atoms with Crippen molar-refractivity contribution >= 4 is 0 Å². The lowest BCUT2D eigenvalue weighted by atomic mass is 10.0. The minimum absolute atomic E-state index is 1.01. The van der Waals surface area contributed by atoms with E-state index in [4.69, 9.17) is 0 Å². The third kappa shape index (κ3) is 3.18. The molecule has 0 aliphatic carbocycles. The third-order valence-electron chi connectivity index (χ3n) is 3.03. The molecule has 0 saturated heterocycles. The summed E-state index contributed by atoms with van der Waals surface area (Å²) in [4.78, 5) is 2.31. The molecule has 88 valence electrons. The van der Waals surface area contributed by atoms with Crippen molar-refractivity contribution in [1.82, 2.24) is 4.90 Å². The van der Waals surface area contributed by atoms with Crippen LogP contribution in [0.2, 0.25) is 0 Å². The monoisotopic (exact) mass is 225 g/mol. The SMILES string of the molecule is CCN(C)Cc1cccc(-c2ccccc2)c1. The van der Waals surface area contributed by atoms with Gasteiger partial charge in [-0.25, -0.2) is 0 Å². The molecule has 0 fully saturated rings. The van der Waals surface area contributed by atoms with Crippen LogP contribution in [-0.4, -0.2) is 18.5 Å². The average molecular weight is 225 g/mol. The van der Waals surface area contributed by atoms with E-state index >= 15 is 0 Å². The largest absolute Gasteiger partial charge is 0.302 e. The highest BCUT2D eigenvalue weighted by Crippen LogP contribution is 2.20. The first kappa shape index (κ1) is 11.9. The first-order chi connectivity index (χ1) is 8.29. The van der Waals surface area contributed by atoms with Gasteiger partial charge in [-0.1, -0.05) is 55.5 Å². The minimum atomic E-state index is 1.01. The summed E-state index contributed by atoms with van der Waals surface area (Å²) in [6.45, 7) is 4.27. The molecule has 0 saturated carbocycles. The standard InChI is InChI=1S/C16H19N/c1-3-17(2)13-14-8-7-11-16(12-14)15-9-5-4-6-10-15/h4-12H,3,13H2,1-2H3. The van der Waals surface area contributed by atoms with E-state index in [9.17, 15) is 0 Å². The highest BCUT2D eigenvalue weighted by molar-refractivity contribution is 5.63. The van der Waals surface area contributed by atoms with Crippen LogP contribution in [0.4, 0.5) is 0 Å². The molecule has 0 atom stereocenters. The molecule has 0 aliphatic rings. The van der Waals surface area contributed by atoms with Crippen molar-refractivity contribution in [1.29, 1.82) is 0 Å². The summed E-state index contributed by atoms with van der Waals surface area (Å²) >= 11 is 0. The van der Waals surface area contributed by atoms with Crippen LogP contribution in [0.3, 0.4) is 0 Å². The molecule has 0 radical (unpaired) electrons. The molecule has 0 aliphatic heterocycles. The Bertz CT molecular complexity index is 462. The summed E-state index contributed by atoms with van der Waals surface area (Å²) in [6.07, 6.45) is 0. The van der Waals surface area contributed by atoms with E-state index < -0.39 is 0 Å². The van der Waals surface area contributed by atoms with E-state index in [1.165, 1.54) is 16.7 Å². The molecular weight excluding hydrogens is 206 g/mol. The first-order valence-corrected chi connectivity index (χ1v) is 6.12. The maximum atomic E-state index is 2.31.